The zero-order chi connectivity index (χ0) is 15.4. The molecule has 21 heavy (non-hydrogen) atoms. The maximum absolute atomic E-state index is 12.3. The molecule has 114 valence electrons. The van der Waals surface area contributed by atoms with Crippen LogP contribution in [-0.4, -0.2) is 39.2 Å². The number of nitrogen functional groups attached to an aromatic ring is 1. The van der Waals surface area contributed by atoms with Crippen LogP contribution in [-0.2, 0) is 17.8 Å². The first kappa shape index (κ1) is 15.0. The number of aryl methyl sites for hydroxylation is 2. The van der Waals surface area contributed by atoms with Gasteiger partial charge in [-0.3, -0.25) is 14.2 Å². The van der Waals surface area contributed by atoms with Crippen molar-refractivity contribution in [2.45, 2.75) is 26.9 Å². The molecule has 2 rings (SSSR count). The number of ether oxygens (including phenoxy) is 1. The molecule has 2 aromatic heterocycles. The summed E-state index contributed by atoms with van der Waals surface area (Å²) in [5, 5.41) is 11.1. The molecule has 0 unspecified atom stereocenters. The van der Waals surface area contributed by atoms with Crippen LogP contribution in [0.25, 0.3) is 0 Å². The van der Waals surface area contributed by atoms with Gasteiger partial charge < -0.3 is 15.8 Å². The van der Waals surface area contributed by atoms with Crippen molar-refractivity contribution in [2.24, 2.45) is 0 Å². The lowest BCUT2D eigenvalue weighted by atomic mass is 10.3. The molecule has 0 bridgehead atoms. The molecule has 0 aliphatic heterocycles. The van der Waals surface area contributed by atoms with Crippen LogP contribution in [0.5, 0.6) is 0 Å². The van der Waals surface area contributed by atoms with E-state index < -0.39 is 0 Å². The van der Waals surface area contributed by atoms with Gasteiger partial charge in [0.25, 0.3) is 5.91 Å². The third-order valence-corrected chi connectivity index (χ3v) is 3.10. The van der Waals surface area contributed by atoms with Crippen molar-refractivity contribution in [1.82, 2.24) is 19.6 Å². The molecule has 8 nitrogen and oxygen atoms in total. The average Bonchev–Trinajstić information content (AvgIpc) is 3.02. The number of aromatic nitrogens is 4. The van der Waals surface area contributed by atoms with Gasteiger partial charge in [0.2, 0.25) is 0 Å². The SMILES string of the molecule is CCn1nc(C)c(N)c1C(=O)Nc1cnn(CCOC)c1. The summed E-state index contributed by atoms with van der Waals surface area (Å²) < 4.78 is 8.27. The predicted octanol–water partition coefficient (Wildman–Crippen LogP) is 0.889. The average molecular weight is 292 g/mol. The number of carbonyl (C=O) groups excluding carboxylic acids is 1. The number of rotatable bonds is 6. The van der Waals surface area contributed by atoms with Crippen molar-refractivity contribution in [1.29, 1.82) is 0 Å². The molecular weight excluding hydrogens is 272 g/mol. The zero-order valence-electron chi connectivity index (χ0n) is 12.5. The highest BCUT2D eigenvalue weighted by molar-refractivity contribution is 6.06. The molecule has 0 spiro atoms. The lowest BCUT2D eigenvalue weighted by Crippen LogP contribution is -2.18. The highest BCUT2D eigenvalue weighted by Gasteiger charge is 2.19. The minimum Gasteiger partial charge on any atom is -0.395 e. The molecule has 0 aliphatic rings. The lowest BCUT2D eigenvalue weighted by molar-refractivity contribution is 0.101. The standard InChI is InChI=1S/C13H20N6O2/c1-4-19-12(11(14)9(2)17-19)13(20)16-10-7-15-18(8-10)5-6-21-3/h7-8H,4-6,14H2,1-3H3,(H,16,20). The van der Waals surface area contributed by atoms with E-state index >= 15 is 0 Å². The molecular formula is C13H20N6O2. The van der Waals surface area contributed by atoms with Crippen LogP contribution in [0.2, 0.25) is 0 Å². The van der Waals surface area contributed by atoms with Gasteiger partial charge >= 0.3 is 0 Å². The molecule has 3 N–H and O–H groups in total. The number of nitrogens with zero attached hydrogens (tertiary/aromatic N) is 4. The minimum atomic E-state index is -0.291. The third-order valence-electron chi connectivity index (χ3n) is 3.10. The van der Waals surface area contributed by atoms with Crippen molar-refractivity contribution in [2.75, 3.05) is 24.8 Å². The summed E-state index contributed by atoms with van der Waals surface area (Å²) in [7, 11) is 1.63. The van der Waals surface area contributed by atoms with Crippen molar-refractivity contribution in [3.63, 3.8) is 0 Å². The zero-order valence-corrected chi connectivity index (χ0v) is 12.5. The maximum atomic E-state index is 12.3. The number of anilines is 2. The fourth-order valence-corrected chi connectivity index (χ4v) is 1.99. The Labute approximate surface area is 122 Å². The van der Waals surface area contributed by atoms with Crippen LogP contribution in [0, 0.1) is 6.92 Å². The molecule has 1 amide bonds. The van der Waals surface area contributed by atoms with E-state index in [1.165, 1.54) is 0 Å². The van der Waals surface area contributed by atoms with Crippen LogP contribution in [0.4, 0.5) is 11.4 Å². The summed E-state index contributed by atoms with van der Waals surface area (Å²) in [6.45, 7) is 5.45. The first-order chi connectivity index (χ1) is 10.1. The topological polar surface area (TPSA) is 100.0 Å². The molecule has 0 fully saturated rings. The number of hydrogen-bond acceptors (Lipinski definition) is 5. The van der Waals surface area contributed by atoms with E-state index in [-0.39, 0.29) is 5.91 Å². The van der Waals surface area contributed by atoms with Gasteiger partial charge in [-0.05, 0) is 13.8 Å². The predicted molar refractivity (Wildman–Crippen MR) is 79.1 cm³/mol. The Kier molecular flexibility index (Phi) is 4.59. The Morgan fingerprint density at radius 1 is 1.52 bits per heavy atom. The molecule has 0 atom stereocenters. The number of nitrogens with two attached hydrogens (primary N) is 1. The van der Waals surface area contributed by atoms with E-state index in [0.717, 1.165) is 0 Å². The number of hydrogen-bond donors (Lipinski definition) is 2. The second kappa shape index (κ2) is 6.40. The molecule has 2 aromatic rings. The van der Waals surface area contributed by atoms with Gasteiger partial charge in [0.1, 0.15) is 5.69 Å². The van der Waals surface area contributed by atoms with E-state index in [1.54, 1.807) is 35.8 Å². The van der Waals surface area contributed by atoms with Crippen LogP contribution in [0.3, 0.4) is 0 Å². The molecule has 8 heteroatoms. The monoisotopic (exact) mass is 292 g/mol. The highest BCUT2D eigenvalue weighted by Crippen LogP contribution is 2.18. The summed E-state index contributed by atoms with van der Waals surface area (Å²) >= 11 is 0. The quantitative estimate of drug-likeness (QED) is 0.823. The van der Waals surface area contributed by atoms with Gasteiger partial charge in [0.05, 0.1) is 36.4 Å². The number of methoxy groups -OCH3 is 1. The van der Waals surface area contributed by atoms with Gasteiger partial charge in [-0.1, -0.05) is 0 Å². The summed E-state index contributed by atoms with van der Waals surface area (Å²) in [4.78, 5) is 12.3. The first-order valence-electron chi connectivity index (χ1n) is 6.72. The summed E-state index contributed by atoms with van der Waals surface area (Å²) in [5.74, 6) is -0.291. The van der Waals surface area contributed by atoms with Gasteiger partial charge in [-0.15, -0.1) is 0 Å². The number of carbonyl (C=O) groups is 1. The summed E-state index contributed by atoms with van der Waals surface area (Å²) in [5.41, 5.74) is 7.96. The van der Waals surface area contributed by atoms with Crippen molar-refractivity contribution in [3.8, 4) is 0 Å². The van der Waals surface area contributed by atoms with E-state index in [1.807, 2.05) is 6.92 Å². The fraction of sp³-hybridized carbons (Fsp3) is 0.462. The third kappa shape index (κ3) is 3.22. The van der Waals surface area contributed by atoms with Crippen molar-refractivity contribution < 1.29 is 9.53 Å². The molecule has 0 aliphatic carbocycles. The van der Waals surface area contributed by atoms with Crippen LogP contribution in [0.15, 0.2) is 12.4 Å². The Morgan fingerprint density at radius 2 is 2.29 bits per heavy atom. The Morgan fingerprint density at radius 3 is 2.95 bits per heavy atom. The largest absolute Gasteiger partial charge is 0.395 e. The Balaban J connectivity index is 2.13. The van der Waals surface area contributed by atoms with Gasteiger partial charge in [0, 0.05) is 19.9 Å². The van der Waals surface area contributed by atoms with E-state index in [0.29, 0.717) is 42.5 Å². The van der Waals surface area contributed by atoms with Gasteiger partial charge in [-0.2, -0.15) is 10.2 Å². The van der Waals surface area contributed by atoms with E-state index in [2.05, 4.69) is 15.5 Å². The first-order valence-corrected chi connectivity index (χ1v) is 6.72. The summed E-state index contributed by atoms with van der Waals surface area (Å²) in [6, 6.07) is 0. The van der Waals surface area contributed by atoms with Gasteiger partial charge in [-0.25, -0.2) is 0 Å². The molecule has 0 aromatic carbocycles. The van der Waals surface area contributed by atoms with Crippen LogP contribution in [0.1, 0.15) is 23.1 Å². The lowest BCUT2D eigenvalue weighted by Gasteiger charge is -2.05. The highest BCUT2D eigenvalue weighted by atomic mass is 16.5. The second-order valence-electron chi connectivity index (χ2n) is 4.60. The maximum Gasteiger partial charge on any atom is 0.276 e. The fourth-order valence-electron chi connectivity index (χ4n) is 1.99. The van der Waals surface area contributed by atoms with Crippen LogP contribution < -0.4 is 11.1 Å². The van der Waals surface area contributed by atoms with Crippen molar-refractivity contribution >= 4 is 17.3 Å². The Bertz CT molecular complexity index is 631. The molecule has 0 saturated heterocycles. The molecule has 2 heterocycles. The smallest absolute Gasteiger partial charge is 0.276 e. The van der Waals surface area contributed by atoms with E-state index in [4.69, 9.17) is 10.5 Å². The number of nitrogens with one attached hydrogen (secondary N) is 1. The van der Waals surface area contributed by atoms with E-state index in [9.17, 15) is 4.79 Å². The van der Waals surface area contributed by atoms with Crippen LogP contribution >= 0.6 is 0 Å². The molecule has 0 saturated carbocycles. The number of amides is 1. The van der Waals surface area contributed by atoms with Gasteiger partial charge in [0.15, 0.2) is 0 Å². The molecule has 0 radical (unpaired) electrons. The second-order valence-corrected chi connectivity index (χ2v) is 4.60. The normalized spacial score (nSPS) is 10.8. The van der Waals surface area contributed by atoms with Crippen molar-refractivity contribution in [3.05, 3.63) is 23.8 Å². The minimum absolute atomic E-state index is 0.291. The Hall–Kier alpha value is -2.35. The summed E-state index contributed by atoms with van der Waals surface area (Å²) in [6.07, 6.45) is 3.33.